The first kappa shape index (κ1) is 26.1. The second-order valence-corrected chi connectivity index (χ2v) is 10.7. The lowest BCUT2D eigenvalue weighted by Crippen LogP contribution is -2.37. The average Bonchev–Trinajstić information content (AvgIpc) is 2.94. The van der Waals surface area contributed by atoms with Crippen molar-refractivity contribution in [3.8, 4) is 5.75 Å². The third kappa shape index (κ3) is 5.81. The molecule has 0 spiro atoms. The van der Waals surface area contributed by atoms with Gasteiger partial charge >= 0.3 is 0 Å². The molecule has 0 aliphatic heterocycles. The Morgan fingerprint density at radius 1 is 1.00 bits per heavy atom. The highest BCUT2D eigenvalue weighted by Crippen LogP contribution is 2.43. The zero-order chi connectivity index (χ0) is 26.5. The van der Waals surface area contributed by atoms with E-state index in [1.54, 1.807) is 19.2 Å². The first-order valence-electron chi connectivity index (χ1n) is 13.7. The second-order valence-electron chi connectivity index (χ2n) is 10.7. The van der Waals surface area contributed by atoms with Crippen molar-refractivity contribution in [1.82, 2.24) is 4.90 Å². The number of allylic oxidation sites excluding steroid dienone is 1. The molecular formula is C34H38FN2O+. The fourth-order valence-corrected chi connectivity index (χ4v) is 6.01. The summed E-state index contributed by atoms with van der Waals surface area (Å²) in [6.07, 6.45) is 6.70. The van der Waals surface area contributed by atoms with E-state index < -0.39 is 0 Å². The maximum Gasteiger partial charge on any atom is 0.213 e. The van der Waals surface area contributed by atoms with E-state index in [0.717, 1.165) is 37.0 Å². The lowest BCUT2D eigenvalue weighted by molar-refractivity contribution is -0.662. The third-order valence-electron chi connectivity index (χ3n) is 8.26. The lowest BCUT2D eigenvalue weighted by Gasteiger charge is -2.42. The van der Waals surface area contributed by atoms with Crippen LogP contribution in [0.3, 0.4) is 0 Å². The van der Waals surface area contributed by atoms with Gasteiger partial charge in [0.05, 0.1) is 18.1 Å². The van der Waals surface area contributed by atoms with Gasteiger partial charge in [-0.25, -0.2) is 4.39 Å². The summed E-state index contributed by atoms with van der Waals surface area (Å²) in [5, 5.41) is 1.21. The topological polar surface area (TPSA) is 16.4 Å². The van der Waals surface area contributed by atoms with Crippen molar-refractivity contribution in [3.05, 3.63) is 120 Å². The van der Waals surface area contributed by atoms with Crippen LogP contribution < -0.4 is 9.30 Å². The number of rotatable bonds is 11. The quantitative estimate of drug-likeness (QED) is 0.157. The molecule has 38 heavy (non-hydrogen) atoms. The Morgan fingerprint density at radius 2 is 1.79 bits per heavy atom. The highest BCUT2D eigenvalue weighted by atomic mass is 19.1. The summed E-state index contributed by atoms with van der Waals surface area (Å²) in [5.41, 5.74) is 4.34. The number of ether oxygens (including phenoxy) is 1. The SMILES string of the molecule is C=CC1CC(C)C1CCN(Cc1ccccc1)Cc1cc[n+](Cc2cc(OC)ccc2F)c2ccccc12. The van der Waals surface area contributed by atoms with E-state index in [4.69, 9.17) is 4.74 Å². The Bertz CT molecular complexity index is 1390. The predicted molar refractivity (Wildman–Crippen MR) is 152 cm³/mol. The second kappa shape index (κ2) is 11.9. The Morgan fingerprint density at radius 3 is 2.55 bits per heavy atom. The van der Waals surface area contributed by atoms with Crippen molar-refractivity contribution in [1.29, 1.82) is 0 Å². The summed E-state index contributed by atoms with van der Waals surface area (Å²) in [7, 11) is 1.61. The molecule has 3 nitrogen and oxygen atoms in total. The minimum absolute atomic E-state index is 0.219. The van der Waals surface area contributed by atoms with Gasteiger partial charge in [0.15, 0.2) is 12.7 Å². The first-order chi connectivity index (χ1) is 18.6. The third-order valence-corrected chi connectivity index (χ3v) is 8.26. The molecule has 5 rings (SSSR count). The molecule has 0 radical (unpaired) electrons. The number of halogens is 1. The van der Waals surface area contributed by atoms with Crippen LogP contribution in [0.4, 0.5) is 4.39 Å². The molecule has 1 saturated carbocycles. The zero-order valence-electron chi connectivity index (χ0n) is 22.5. The number of pyridine rings is 1. The number of aromatic nitrogens is 1. The molecule has 196 valence electrons. The van der Waals surface area contributed by atoms with Crippen molar-refractivity contribution in [2.24, 2.45) is 17.8 Å². The van der Waals surface area contributed by atoms with Gasteiger partial charge in [0.1, 0.15) is 11.6 Å². The van der Waals surface area contributed by atoms with Crippen LogP contribution in [-0.4, -0.2) is 18.6 Å². The van der Waals surface area contributed by atoms with Gasteiger partial charge in [-0.1, -0.05) is 55.5 Å². The van der Waals surface area contributed by atoms with Crippen LogP contribution in [0.25, 0.3) is 10.9 Å². The molecule has 0 bridgehead atoms. The number of para-hydroxylation sites is 1. The molecule has 1 aromatic heterocycles. The minimum atomic E-state index is -0.219. The van der Waals surface area contributed by atoms with Crippen LogP contribution >= 0.6 is 0 Å². The fourth-order valence-electron chi connectivity index (χ4n) is 6.01. The summed E-state index contributed by atoms with van der Waals surface area (Å²) < 4.78 is 22.1. The van der Waals surface area contributed by atoms with E-state index in [1.807, 2.05) is 0 Å². The number of methoxy groups -OCH3 is 1. The van der Waals surface area contributed by atoms with Gasteiger partial charge in [0, 0.05) is 25.2 Å². The van der Waals surface area contributed by atoms with Gasteiger partial charge in [-0.2, -0.15) is 4.57 Å². The molecule has 0 saturated heterocycles. The highest BCUT2D eigenvalue weighted by Gasteiger charge is 2.35. The molecule has 3 unspecified atom stereocenters. The zero-order valence-corrected chi connectivity index (χ0v) is 22.5. The van der Waals surface area contributed by atoms with Gasteiger partial charge in [-0.15, -0.1) is 6.58 Å². The smallest absolute Gasteiger partial charge is 0.213 e. The van der Waals surface area contributed by atoms with Gasteiger partial charge in [0.25, 0.3) is 0 Å². The molecule has 0 amide bonds. The lowest BCUT2D eigenvalue weighted by atomic mass is 9.64. The Hall–Kier alpha value is -3.50. The normalized spacial score (nSPS) is 18.9. The predicted octanol–water partition coefficient (Wildman–Crippen LogP) is 7.17. The molecule has 1 heterocycles. The summed E-state index contributed by atoms with van der Waals surface area (Å²) >= 11 is 0. The largest absolute Gasteiger partial charge is 0.497 e. The molecule has 1 fully saturated rings. The molecular weight excluding hydrogens is 471 g/mol. The summed E-state index contributed by atoms with van der Waals surface area (Å²) in [5.74, 6) is 2.59. The van der Waals surface area contributed by atoms with Crippen molar-refractivity contribution >= 4 is 10.9 Å². The Kier molecular flexibility index (Phi) is 8.19. The number of hydrogen-bond donors (Lipinski definition) is 0. The molecule has 1 aliphatic carbocycles. The Labute approximate surface area is 226 Å². The molecule has 4 aromatic rings. The van der Waals surface area contributed by atoms with Crippen LogP contribution in [0.15, 0.2) is 97.7 Å². The number of fused-ring (bicyclic) bond motifs is 1. The van der Waals surface area contributed by atoms with Crippen molar-refractivity contribution in [2.45, 2.75) is 39.4 Å². The van der Waals surface area contributed by atoms with E-state index in [-0.39, 0.29) is 5.82 Å². The minimum Gasteiger partial charge on any atom is -0.497 e. The van der Waals surface area contributed by atoms with E-state index in [9.17, 15) is 4.39 Å². The molecule has 3 atom stereocenters. The molecule has 3 aromatic carbocycles. The van der Waals surface area contributed by atoms with E-state index >= 15 is 0 Å². The standard InChI is InChI=1S/C34H38FN2O/c1-4-27-20-25(2)31(27)17-18-36(22-26-10-6-5-7-11-26)23-28-16-19-37(34-13-9-8-12-32(28)34)24-29-21-30(38-3)14-15-33(29)35/h4-16,19,21,25,27,31H,1,17-18,20,22-24H2,2-3H3/q+1. The fraction of sp³-hybridized carbons (Fsp3) is 0.324. The first-order valence-corrected chi connectivity index (χ1v) is 13.7. The average molecular weight is 510 g/mol. The van der Waals surface area contributed by atoms with Gasteiger partial charge < -0.3 is 4.74 Å². The van der Waals surface area contributed by atoms with Crippen LogP contribution in [0.5, 0.6) is 5.75 Å². The van der Waals surface area contributed by atoms with Gasteiger partial charge in [-0.05, 0) is 72.5 Å². The highest BCUT2D eigenvalue weighted by molar-refractivity contribution is 5.79. The molecule has 4 heteroatoms. The Balaban J connectivity index is 1.41. The van der Waals surface area contributed by atoms with E-state index in [0.29, 0.717) is 23.8 Å². The van der Waals surface area contributed by atoms with Crippen molar-refractivity contribution in [2.75, 3.05) is 13.7 Å². The summed E-state index contributed by atoms with van der Waals surface area (Å²) in [6.45, 7) is 9.72. The maximum absolute atomic E-state index is 14.6. The number of benzene rings is 3. The number of nitrogens with zero attached hydrogens (tertiary/aromatic N) is 2. The number of hydrogen-bond acceptors (Lipinski definition) is 2. The molecule has 1 aliphatic rings. The summed E-state index contributed by atoms with van der Waals surface area (Å²) in [6, 6.07) is 26.3. The van der Waals surface area contributed by atoms with Crippen LogP contribution in [-0.2, 0) is 19.6 Å². The van der Waals surface area contributed by atoms with Gasteiger partial charge in [-0.3, -0.25) is 4.90 Å². The van der Waals surface area contributed by atoms with Gasteiger partial charge in [0.2, 0.25) is 5.52 Å². The van der Waals surface area contributed by atoms with Crippen LogP contribution in [0.1, 0.15) is 36.5 Å². The van der Waals surface area contributed by atoms with Crippen molar-refractivity contribution in [3.63, 3.8) is 0 Å². The van der Waals surface area contributed by atoms with Crippen LogP contribution in [0.2, 0.25) is 0 Å². The summed E-state index contributed by atoms with van der Waals surface area (Å²) in [4.78, 5) is 2.58. The van der Waals surface area contributed by atoms with Crippen molar-refractivity contribution < 1.29 is 13.7 Å². The van der Waals surface area contributed by atoms with E-state index in [2.05, 4.69) is 95.9 Å². The molecule has 0 N–H and O–H groups in total. The van der Waals surface area contributed by atoms with Crippen LogP contribution in [0, 0.1) is 23.6 Å². The monoisotopic (exact) mass is 509 g/mol. The maximum atomic E-state index is 14.6. The van der Waals surface area contributed by atoms with E-state index in [1.165, 1.54) is 35.4 Å².